The van der Waals surface area contributed by atoms with E-state index >= 15 is 0 Å². The predicted octanol–water partition coefficient (Wildman–Crippen LogP) is 2.21. The van der Waals surface area contributed by atoms with E-state index in [4.69, 9.17) is 0 Å². The van der Waals surface area contributed by atoms with E-state index in [1.165, 1.54) is 19.3 Å². The Morgan fingerprint density at radius 2 is 2.35 bits per heavy atom. The van der Waals surface area contributed by atoms with Gasteiger partial charge < -0.3 is 5.32 Å². The van der Waals surface area contributed by atoms with Crippen molar-refractivity contribution < 1.29 is 0 Å². The Bertz CT molecular complexity index is 334. The SMILES string of the molecule is CCCn1ncnc1CNCC1CCCC1C. The molecule has 2 unspecified atom stereocenters. The molecule has 1 heterocycles. The van der Waals surface area contributed by atoms with Crippen LogP contribution in [0, 0.1) is 11.8 Å². The fourth-order valence-electron chi connectivity index (χ4n) is 2.72. The second-order valence-corrected chi connectivity index (χ2v) is 5.20. The van der Waals surface area contributed by atoms with Crippen LogP contribution in [-0.4, -0.2) is 21.3 Å². The fourth-order valence-corrected chi connectivity index (χ4v) is 2.72. The smallest absolute Gasteiger partial charge is 0.140 e. The second-order valence-electron chi connectivity index (χ2n) is 5.20. The third-order valence-electron chi connectivity index (χ3n) is 3.86. The molecule has 1 aromatic heterocycles. The maximum Gasteiger partial charge on any atom is 0.140 e. The molecule has 2 rings (SSSR count). The molecule has 1 saturated carbocycles. The van der Waals surface area contributed by atoms with E-state index in [9.17, 15) is 0 Å². The zero-order valence-corrected chi connectivity index (χ0v) is 11.0. The van der Waals surface area contributed by atoms with Crippen LogP contribution in [0.3, 0.4) is 0 Å². The first-order valence-corrected chi connectivity index (χ1v) is 6.88. The lowest BCUT2D eigenvalue weighted by Crippen LogP contribution is -2.25. The monoisotopic (exact) mass is 236 g/mol. The lowest BCUT2D eigenvalue weighted by molar-refractivity contribution is 0.387. The average molecular weight is 236 g/mol. The van der Waals surface area contributed by atoms with Crippen molar-refractivity contribution in [1.29, 1.82) is 0 Å². The molecular formula is C13H24N4. The van der Waals surface area contributed by atoms with Crippen LogP contribution in [0.15, 0.2) is 6.33 Å². The van der Waals surface area contributed by atoms with Gasteiger partial charge in [0.1, 0.15) is 12.2 Å². The maximum atomic E-state index is 4.31. The molecule has 0 bridgehead atoms. The summed E-state index contributed by atoms with van der Waals surface area (Å²) in [5, 5.41) is 7.77. The van der Waals surface area contributed by atoms with Crippen LogP contribution in [0.25, 0.3) is 0 Å². The van der Waals surface area contributed by atoms with Crippen molar-refractivity contribution >= 4 is 0 Å². The van der Waals surface area contributed by atoms with Gasteiger partial charge in [0.05, 0.1) is 6.54 Å². The summed E-state index contributed by atoms with van der Waals surface area (Å²) in [6.07, 6.45) is 6.95. The Morgan fingerprint density at radius 3 is 3.06 bits per heavy atom. The zero-order valence-electron chi connectivity index (χ0n) is 11.0. The van der Waals surface area contributed by atoms with Crippen molar-refractivity contribution in [3.8, 4) is 0 Å². The fraction of sp³-hybridized carbons (Fsp3) is 0.846. The molecule has 0 aromatic carbocycles. The normalized spacial score (nSPS) is 24.4. The highest BCUT2D eigenvalue weighted by atomic mass is 15.3. The third kappa shape index (κ3) is 3.28. The molecule has 1 aliphatic carbocycles. The van der Waals surface area contributed by atoms with Crippen LogP contribution < -0.4 is 5.32 Å². The van der Waals surface area contributed by atoms with Crippen molar-refractivity contribution in [3.63, 3.8) is 0 Å². The number of rotatable bonds is 6. The molecule has 1 aromatic rings. The van der Waals surface area contributed by atoms with E-state index in [1.807, 2.05) is 4.68 Å². The van der Waals surface area contributed by atoms with Crippen LogP contribution in [0.4, 0.5) is 0 Å². The number of nitrogens with zero attached hydrogens (tertiary/aromatic N) is 3. The topological polar surface area (TPSA) is 42.7 Å². The molecule has 1 fully saturated rings. The largest absolute Gasteiger partial charge is 0.310 e. The van der Waals surface area contributed by atoms with E-state index in [0.717, 1.165) is 43.7 Å². The summed E-state index contributed by atoms with van der Waals surface area (Å²) in [5.74, 6) is 2.81. The molecule has 4 nitrogen and oxygen atoms in total. The summed E-state index contributed by atoms with van der Waals surface area (Å²) < 4.78 is 2.01. The van der Waals surface area contributed by atoms with E-state index in [-0.39, 0.29) is 0 Å². The van der Waals surface area contributed by atoms with Gasteiger partial charge in [-0.05, 0) is 31.2 Å². The third-order valence-corrected chi connectivity index (χ3v) is 3.86. The van der Waals surface area contributed by atoms with Gasteiger partial charge in [0, 0.05) is 6.54 Å². The summed E-state index contributed by atoms with van der Waals surface area (Å²) in [5.41, 5.74) is 0. The van der Waals surface area contributed by atoms with E-state index in [2.05, 4.69) is 29.2 Å². The average Bonchev–Trinajstić information content (AvgIpc) is 2.90. The van der Waals surface area contributed by atoms with Crippen molar-refractivity contribution in [3.05, 3.63) is 12.2 Å². The van der Waals surface area contributed by atoms with Gasteiger partial charge in [-0.3, -0.25) is 0 Å². The number of nitrogens with one attached hydrogen (secondary N) is 1. The highest BCUT2D eigenvalue weighted by molar-refractivity contribution is 4.84. The highest BCUT2D eigenvalue weighted by Crippen LogP contribution is 2.30. The number of aryl methyl sites for hydroxylation is 1. The molecule has 0 radical (unpaired) electrons. The number of hydrogen-bond acceptors (Lipinski definition) is 3. The summed E-state index contributed by atoms with van der Waals surface area (Å²) in [6.45, 7) is 7.48. The van der Waals surface area contributed by atoms with Crippen LogP contribution in [0.1, 0.15) is 45.4 Å². The summed E-state index contributed by atoms with van der Waals surface area (Å²) in [7, 11) is 0. The van der Waals surface area contributed by atoms with E-state index in [1.54, 1.807) is 6.33 Å². The van der Waals surface area contributed by atoms with Gasteiger partial charge in [-0.2, -0.15) is 5.10 Å². The lowest BCUT2D eigenvalue weighted by atomic mass is 9.98. The van der Waals surface area contributed by atoms with Gasteiger partial charge in [-0.25, -0.2) is 9.67 Å². The molecule has 0 spiro atoms. The van der Waals surface area contributed by atoms with Gasteiger partial charge in [0.15, 0.2) is 0 Å². The Kier molecular flexibility index (Phi) is 4.54. The molecule has 0 amide bonds. The Hall–Kier alpha value is -0.900. The van der Waals surface area contributed by atoms with Crippen molar-refractivity contribution in [1.82, 2.24) is 20.1 Å². The Labute approximate surface area is 104 Å². The lowest BCUT2D eigenvalue weighted by Gasteiger charge is -2.15. The molecule has 1 aliphatic rings. The summed E-state index contributed by atoms with van der Waals surface area (Å²) >= 11 is 0. The van der Waals surface area contributed by atoms with Crippen molar-refractivity contribution in [2.45, 2.75) is 52.6 Å². The molecule has 2 atom stereocenters. The summed E-state index contributed by atoms with van der Waals surface area (Å²) in [4.78, 5) is 4.31. The quantitative estimate of drug-likeness (QED) is 0.823. The molecule has 96 valence electrons. The van der Waals surface area contributed by atoms with Gasteiger partial charge in [-0.1, -0.05) is 26.7 Å². The molecule has 0 saturated heterocycles. The van der Waals surface area contributed by atoms with Crippen LogP contribution in [-0.2, 0) is 13.1 Å². The van der Waals surface area contributed by atoms with Crippen molar-refractivity contribution in [2.24, 2.45) is 11.8 Å². The standard InChI is InChI=1S/C13H24N4/c1-3-7-17-13(15-10-16-17)9-14-8-12-6-4-5-11(12)2/h10-12,14H,3-9H2,1-2H3. The molecule has 0 aliphatic heterocycles. The van der Waals surface area contributed by atoms with Crippen LogP contribution in [0.5, 0.6) is 0 Å². The van der Waals surface area contributed by atoms with Crippen LogP contribution >= 0.6 is 0 Å². The second kappa shape index (κ2) is 6.15. The first kappa shape index (κ1) is 12.6. The van der Waals surface area contributed by atoms with Gasteiger partial charge in [-0.15, -0.1) is 0 Å². The molecular weight excluding hydrogens is 212 g/mol. The van der Waals surface area contributed by atoms with E-state index < -0.39 is 0 Å². The highest BCUT2D eigenvalue weighted by Gasteiger charge is 2.22. The van der Waals surface area contributed by atoms with Gasteiger partial charge >= 0.3 is 0 Å². The Morgan fingerprint density at radius 1 is 1.47 bits per heavy atom. The first-order chi connectivity index (χ1) is 8.31. The van der Waals surface area contributed by atoms with E-state index in [0.29, 0.717) is 0 Å². The first-order valence-electron chi connectivity index (χ1n) is 6.88. The van der Waals surface area contributed by atoms with Gasteiger partial charge in [0.2, 0.25) is 0 Å². The summed E-state index contributed by atoms with van der Waals surface area (Å²) in [6, 6.07) is 0. The molecule has 4 heteroatoms. The Balaban J connectivity index is 1.75. The zero-order chi connectivity index (χ0) is 12.1. The molecule has 17 heavy (non-hydrogen) atoms. The molecule has 1 N–H and O–H groups in total. The van der Waals surface area contributed by atoms with Crippen molar-refractivity contribution in [2.75, 3.05) is 6.54 Å². The number of aromatic nitrogens is 3. The minimum Gasteiger partial charge on any atom is -0.310 e. The predicted molar refractivity (Wildman–Crippen MR) is 68.5 cm³/mol. The number of hydrogen-bond donors (Lipinski definition) is 1. The van der Waals surface area contributed by atoms with Gasteiger partial charge in [0.25, 0.3) is 0 Å². The maximum absolute atomic E-state index is 4.31. The van der Waals surface area contributed by atoms with Crippen LogP contribution in [0.2, 0.25) is 0 Å². The minimum atomic E-state index is 0.850. The minimum absolute atomic E-state index is 0.850.